The summed E-state index contributed by atoms with van der Waals surface area (Å²) in [7, 11) is 0. The Balaban J connectivity index is 1.92. The van der Waals surface area contributed by atoms with E-state index in [1.807, 2.05) is 36.4 Å². The minimum absolute atomic E-state index is 0.109. The second-order valence-corrected chi connectivity index (χ2v) is 3.78. The van der Waals surface area contributed by atoms with E-state index in [9.17, 15) is 0 Å². The molecule has 0 aliphatic rings. The first kappa shape index (κ1) is 10.9. The van der Waals surface area contributed by atoms with E-state index in [0.29, 0.717) is 6.61 Å². The molecule has 0 aromatic heterocycles. The van der Waals surface area contributed by atoms with Crippen LogP contribution in [-0.2, 0) is 11.3 Å². The summed E-state index contributed by atoms with van der Waals surface area (Å²) in [6.45, 7) is 2.71. The van der Waals surface area contributed by atoms with Gasteiger partial charge < -0.3 is 4.74 Å². The van der Waals surface area contributed by atoms with Crippen molar-refractivity contribution in [1.29, 1.82) is 0 Å². The van der Waals surface area contributed by atoms with E-state index >= 15 is 0 Å². The second kappa shape index (κ2) is 5.47. The van der Waals surface area contributed by atoms with E-state index in [2.05, 4.69) is 31.2 Å². The highest BCUT2D eigenvalue weighted by Gasteiger charge is 2.04. The van der Waals surface area contributed by atoms with Crippen LogP contribution in [0, 0.1) is 6.07 Å². The van der Waals surface area contributed by atoms with Crippen LogP contribution in [0.1, 0.15) is 24.2 Å². The zero-order valence-electron chi connectivity index (χ0n) is 9.39. The van der Waals surface area contributed by atoms with Crippen LogP contribution < -0.4 is 0 Å². The third kappa shape index (κ3) is 2.94. The third-order valence-electron chi connectivity index (χ3n) is 2.54. The van der Waals surface area contributed by atoms with Gasteiger partial charge in [-0.25, -0.2) is 0 Å². The van der Waals surface area contributed by atoms with E-state index < -0.39 is 0 Å². The summed E-state index contributed by atoms with van der Waals surface area (Å²) in [6, 6.07) is 21.2. The predicted octanol–water partition coefficient (Wildman–Crippen LogP) is 3.76. The van der Waals surface area contributed by atoms with E-state index in [-0.39, 0.29) is 6.10 Å². The Morgan fingerprint density at radius 1 is 1.12 bits per heavy atom. The maximum Gasteiger partial charge on any atom is 0.0801 e. The van der Waals surface area contributed by atoms with Crippen LogP contribution in [-0.4, -0.2) is 0 Å². The van der Waals surface area contributed by atoms with Crippen LogP contribution in [0.3, 0.4) is 0 Å². The predicted molar refractivity (Wildman–Crippen MR) is 64.9 cm³/mol. The largest absolute Gasteiger partial charge is 0.369 e. The van der Waals surface area contributed by atoms with Crippen molar-refractivity contribution in [2.24, 2.45) is 0 Å². The quantitative estimate of drug-likeness (QED) is 0.748. The SMILES string of the molecule is CC(OCc1ccccc1)c1c[c]ccc1. The highest BCUT2D eigenvalue weighted by molar-refractivity contribution is 5.17. The zero-order chi connectivity index (χ0) is 11.2. The van der Waals surface area contributed by atoms with Crippen molar-refractivity contribution in [3.05, 3.63) is 71.8 Å². The first-order chi connectivity index (χ1) is 7.86. The van der Waals surface area contributed by atoms with Gasteiger partial charge in [-0.05, 0) is 30.2 Å². The Morgan fingerprint density at radius 3 is 2.62 bits per heavy atom. The average molecular weight is 211 g/mol. The van der Waals surface area contributed by atoms with E-state index in [1.54, 1.807) is 0 Å². The Morgan fingerprint density at radius 2 is 1.94 bits per heavy atom. The smallest absolute Gasteiger partial charge is 0.0801 e. The number of hydrogen-bond acceptors (Lipinski definition) is 1. The molecular weight excluding hydrogens is 196 g/mol. The number of benzene rings is 2. The van der Waals surface area contributed by atoms with Crippen LogP contribution in [0.4, 0.5) is 0 Å². The molecule has 0 spiro atoms. The fourth-order valence-electron chi connectivity index (χ4n) is 1.55. The first-order valence-corrected chi connectivity index (χ1v) is 5.48. The normalized spacial score (nSPS) is 12.3. The van der Waals surface area contributed by atoms with Crippen LogP contribution in [0.15, 0.2) is 54.6 Å². The fraction of sp³-hybridized carbons (Fsp3) is 0.200. The van der Waals surface area contributed by atoms with Crippen molar-refractivity contribution >= 4 is 0 Å². The molecule has 81 valence electrons. The molecule has 1 nitrogen and oxygen atoms in total. The summed E-state index contributed by atoms with van der Waals surface area (Å²) in [4.78, 5) is 0. The molecule has 0 fully saturated rings. The molecule has 0 saturated heterocycles. The molecule has 2 aromatic rings. The molecule has 0 saturated carbocycles. The van der Waals surface area contributed by atoms with Gasteiger partial charge in [0.05, 0.1) is 12.7 Å². The summed E-state index contributed by atoms with van der Waals surface area (Å²) in [5.41, 5.74) is 2.37. The topological polar surface area (TPSA) is 9.23 Å². The van der Waals surface area contributed by atoms with Crippen molar-refractivity contribution in [3.8, 4) is 0 Å². The molecule has 1 atom stereocenters. The highest BCUT2D eigenvalue weighted by atomic mass is 16.5. The van der Waals surface area contributed by atoms with Crippen LogP contribution in [0.2, 0.25) is 0 Å². The van der Waals surface area contributed by atoms with Gasteiger partial charge in [0.25, 0.3) is 0 Å². The van der Waals surface area contributed by atoms with E-state index in [1.165, 1.54) is 11.1 Å². The van der Waals surface area contributed by atoms with Gasteiger partial charge in [0.1, 0.15) is 0 Å². The van der Waals surface area contributed by atoms with E-state index in [0.717, 1.165) is 0 Å². The standard InChI is InChI=1S/C15H15O/c1-13(15-10-6-3-7-11-15)16-12-14-8-4-2-5-9-14/h2-6,8-11,13H,12H2,1H3. The first-order valence-electron chi connectivity index (χ1n) is 5.48. The molecule has 16 heavy (non-hydrogen) atoms. The van der Waals surface area contributed by atoms with Crippen LogP contribution in [0.25, 0.3) is 0 Å². The Bertz CT molecular complexity index is 408. The fourth-order valence-corrected chi connectivity index (χ4v) is 1.55. The summed E-state index contributed by atoms with van der Waals surface area (Å²) in [6.07, 6.45) is 0.109. The van der Waals surface area contributed by atoms with Crippen molar-refractivity contribution < 1.29 is 4.74 Å². The Kier molecular flexibility index (Phi) is 3.73. The lowest BCUT2D eigenvalue weighted by Crippen LogP contribution is -2.00. The van der Waals surface area contributed by atoms with Gasteiger partial charge in [0.2, 0.25) is 0 Å². The maximum absolute atomic E-state index is 5.79. The van der Waals surface area contributed by atoms with Crippen LogP contribution >= 0.6 is 0 Å². The molecule has 0 aliphatic heterocycles. The molecule has 0 heterocycles. The molecule has 2 aromatic carbocycles. The van der Waals surface area contributed by atoms with Crippen molar-refractivity contribution in [3.63, 3.8) is 0 Å². The van der Waals surface area contributed by atoms with Gasteiger partial charge >= 0.3 is 0 Å². The lowest BCUT2D eigenvalue weighted by Gasteiger charge is -2.13. The Labute approximate surface area is 96.7 Å². The summed E-state index contributed by atoms with van der Waals surface area (Å²) >= 11 is 0. The summed E-state index contributed by atoms with van der Waals surface area (Å²) in [5, 5.41) is 0. The van der Waals surface area contributed by atoms with Gasteiger partial charge in [-0.3, -0.25) is 0 Å². The monoisotopic (exact) mass is 211 g/mol. The third-order valence-corrected chi connectivity index (χ3v) is 2.54. The summed E-state index contributed by atoms with van der Waals surface area (Å²) in [5.74, 6) is 0. The lowest BCUT2D eigenvalue weighted by molar-refractivity contribution is 0.0525. The molecule has 1 heteroatoms. The molecule has 0 N–H and O–H groups in total. The molecule has 0 aliphatic carbocycles. The van der Waals surface area contributed by atoms with E-state index in [4.69, 9.17) is 4.74 Å². The van der Waals surface area contributed by atoms with Gasteiger partial charge in [0, 0.05) is 0 Å². The maximum atomic E-state index is 5.79. The van der Waals surface area contributed by atoms with Crippen molar-refractivity contribution in [2.45, 2.75) is 19.6 Å². The molecule has 0 bridgehead atoms. The highest BCUT2D eigenvalue weighted by Crippen LogP contribution is 2.17. The molecular formula is C15H15O. The number of rotatable bonds is 4. The number of ether oxygens (including phenoxy) is 1. The second-order valence-electron chi connectivity index (χ2n) is 3.78. The van der Waals surface area contributed by atoms with Crippen LogP contribution in [0.5, 0.6) is 0 Å². The minimum Gasteiger partial charge on any atom is -0.369 e. The minimum atomic E-state index is 0.109. The van der Waals surface area contributed by atoms with Gasteiger partial charge in [-0.1, -0.05) is 48.5 Å². The molecule has 0 amide bonds. The van der Waals surface area contributed by atoms with Gasteiger partial charge in [-0.2, -0.15) is 0 Å². The van der Waals surface area contributed by atoms with Gasteiger partial charge in [0.15, 0.2) is 0 Å². The summed E-state index contributed by atoms with van der Waals surface area (Å²) < 4.78 is 5.79. The van der Waals surface area contributed by atoms with Crippen molar-refractivity contribution in [2.75, 3.05) is 0 Å². The molecule has 1 unspecified atom stereocenters. The van der Waals surface area contributed by atoms with Crippen molar-refractivity contribution in [1.82, 2.24) is 0 Å². The van der Waals surface area contributed by atoms with Gasteiger partial charge in [-0.15, -0.1) is 0 Å². The molecule has 2 rings (SSSR count). The Hall–Kier alpha value is -1.60. The zero-order valence-corrected chi connectivity index (χ0v) is 9.39. The lowest BCUT2D eigenvalue weighted by atomic mass is 10.1. The molecule has 1 radical (unpaired) electrons. The number of hydrogen-bond donors (Lipinski definition) is 0. The average Bonchev–Trinajstić information content (AvgIpc) is 2.38.